The Morgan fingerprint density at radius 1 is 1.16 bits per heavy atom. The van der Waals surface area contributed by atoms with Gasteiger partial charge < -0.3 is 4.57 Å². The molecular weight excluding hydrogens is 319 g/mol. The van der Waals surface area contributed by atoms with Gasteiger partial charge in [-0.2, -0.15) is 5.10 Å². The summed E-state index contributed by atoms with van der Waals surface area (Å²) in [7, 11) is 0. The van der Waals surface area contributed by atoms with Crippen LogP contribution in [0, 0.1) is 0 Å². The molecule has 2 atom stereocenters. The molecule has 0 N–H and O–H groups in total. The van der Waals surface area contributed by atoms with Crippen molar-refractivity contribution in [1.29, 1.82) is 0 Å². The van der Waals surface area contributed by atoms with Gasteiger partial charge in [-0.05, 0) is 25.3 Å². The minimum atomic E-state index is -0.741. The maximum atomic E-state index is 13.9. The number of halogens is 1. The standard InChI is InChI=1S/C18H17FN6/c19-12-5-6-13(7-12)25-17(9-24-11-20-10-22-24)23-16-8-21-15-4-2-1-3-14(15)18(16)25/h1-4,8,10-13H,5-7,9H2/t12-,13+/m0/s1. The summed E-state index contributed by atoms with van der Waals surface area (Å²) >= 11 is 0. The molecular formula is C18H17FN6. The first-order chi connectivity index (χ1) is 12.3. The Kier molecular flexibility index (Phi) is 3.26. The van der Waals surface area contributed by atoms with Gasteiger partial charge in [0.25, 0.3) is 0 Å². The van der Waals surface area contributed by atoms with Crippen LogP contribution in [0.1, 0.15) is 31.1 Å². The molecule has 0 saturated heterocycles. The van der Waals surface area contributed by atoms with E-state index in [1.54, 1.807) is 17.2 Å². The Labute approximate surface area is 143 Å². The Morgan fingerprint density at radius 2 is 2.08 bits per heavy atom. The van der Waals surface area contributed by atoms with E-state index < -0.39 is 6.17 Å². The maximum absolute atomic E-state index is 13.9. The molecule has 1 aliphatic rings. The average Bonchev–Trinajstić information content (AvgIpc) is 3.35. The largest absolute Gasteiger partial charge is 0.323 e. The van der Waals surface area contributed by atoms with Gasteiger partial charge in [-0.15, -0.1) is 0 Å². The van der Waals surface area contributed by atoms with E-state index in [9.17, 15) is 4.39 Å². The lowest BCUT2D eigenvalue weighted by molar-refractivity contribution is 0.330. The number of hydrogen-bond donors (Lipinski definition) is 0. The van der Waals surface area contributed by atoms with E-state index in [4.69, 9.17) is 4.98 Å². The molecule has 0 bridgehead atoms. The van der Waals surface area contributed by atoms with Crippen LogP contribution in [0.5, 0.6) is 0 Å². The second-order valence-electron chi connectivity index (χ2n) is 6.56. The third-order valence-corrected chi connectivity index (χ3v) is 4.97. The zero-order valence-corrected chi connectivity index (χ0v) is 13.6. The minimum Gasteiger partial charge on any atom is -0.323 e. The fraction of sp³-hybridized carbons (Fsp3) is 0.333. The van der Waals surface area contributed by atoms with Gasteiger partial charge in [-0.1, -0.05) is 18.2 Å². The van der Waals surface area contributed by atoms with E-state index >= 15 is 0 Å². The molecule has 5 rings (SSSR count). The van der Waals surface area contributed by atoms with Crippen LogP contribution in [0.4, 0.5) is 4.39 Å². The molecule has 1 aromatic carbocycles. The minimum absolute atomic E-state index is 0.115. The average molecular weight is 336 g/mol. The van der Waals surface area contributed by atoms with Crippen LogP contribution >= 0.6 is 0 Å². The summed E-state index contributed by atoms with van der Waals surface area (Å²) in [5.41, 5.74) is 2.81. The smallest absolute Gasteiger partial charge is 0.137 e. The molecule has 0 radical (unpaired) electrons. The number of rotatable bonds is 3. The van der Waals surface area contributed by atoms with Crippen molar-refractivity contribution in [3.05, 3.63) is 48.9 Å². The van der Waals surface area contributed by atoms with Crippen LogP contribution < -0.4 is 0 Å². The SMILES string of the molecule is F[C@H]1CC[C@@H](n2c(Cn3cncn3)nc3cnc4ccccc4c32)C1. The van der Waals surface area contributed by atoms with Gasteiger partial charge in [0.1, 0.15) is 36.7 Å². The van der Waals surface area contributed by atoms with E-state index in [0.29, 0.717) is 19.4 Å². The summed E-state index contributed by atoms with van der Waals surface area (Å²) in [4.78, 5) is 13.3. The Hall–Kier alpha value is -2.83. The van der Waals surface area contributed by atoms with E-state index in [1.165, 1.54) is 6.33 Å². The highest BCUT2D eigenvalue weighted by molar-refractivity contribution is 6.02. The normalized spacial score (nSPS) is 20.7. The number of nitrogens with zero attached hydrogens (tertiary/aromatic N) is 6. The second kappa shape index (κ2) is 5.61. The zero-order chi connectivity index (χ0) is 16.8. The van der Waals surface area contributed by atoms with Crippen LogP contribution in [0.25, 0.3) is 21.9 Å². The van der Waals surface area contributed by atoms with Crippen LogP contribution in [0.2, 0.25) is 0 Å². The highest BCUT2D eigenvalue weighted by Gasteiger charge is 2.29. The summed E-state index contributed by atoms with van der Waals surface area (Å²) < 4.78 is 17.9. The lowest BCUT2D eigenvalue weighted by atomic mass is 10.1. The first-order valence-electron chi connectivity index (χ1n) is 8.50. The van der Waals surface area contributed by atoms with Crippen molar-refractivity contribution >= 4 is 21.9 Å². The first-order valence-corrected chi connectivity index (χ1v) is 8.50. The van der Waals surface area contributed by atoms with Gasteiger partial charge in [-0.3, -0.25) is 4.98 Å². The molecule has 3 aromatic heterocycles. The third-order valence-electron chi connectivity index (χ3n) is 4.97. The number of pyridine rings is 1. The lowest BCUT2D eigenvalue weighted by Crippen LogP contribution is -2.13. The highest BCUT2D eigenvalue weighted by atomic mass is 19.1. The van der Waals surface area contributed by atoms with Crippen LogP contribution in [0.15, 0.2) is 43.1 Å². The summed E-state index contributed by atoms with van der Waals surface area (Å²) in [5.74, 6) is 0.873. The van der Waals surface area contributed by atoms with Crippen molar-refractivity contribution in [2.75, 3.05) is 0 Å². The molecule has 7 heteroatoms. The predicted molar refractivity (Wildman–Crippen MR) is 91.9 cm³/mol. The number of para-hydroxylation sites is 1. The fourth-order valence-corrected chi connectivity index (χ4v) is 3.88. The number of hydrogen-bond acceptors (Lipinski definition) is 4. The molecule has 3 heterocycles. The van der Waals surface area contributed by atoms with Gasteiger partial charge in [-0.25, -0.2) is 19.0 Å². The van der Waals surface area contributed by atoms with Crippen molar-refractivity contribution in [2.24, 2.45) is 0 Å². The van der Waals surface area contributed by atoms with Gasteiger partial charge in [0.05, 0.1) is 17.2 Å². The molecule has 1 saturated carbocycles. The molecule has 4 aromatic rings. The van der Waals surface area contributed by atoms with Crippen molar-refractivity contribution in [3.63, 3.8) is 0 Å². The quantitative estimate of drug-likeness (QED) is 0.576. The molecule has 0 aliphatic heterocycles. The van der Waals surface area contributed by atoms with Gasteiger partial charge in [0.15, 0.2) is 0 Å². The number of imidazole rings is 1. The fourth-order valence-electron chi connectivity index (χ4n) is 3.88. The number of benzene rings is 1. The van der Waals surface area contributed by atoms with Crippen LogP contribution in [-0.4, -0.2) is 35.5 Å². The molecule has 25 heavy (non-hydrogen) atoms. The molecule has 6 nitrogen and oxygen atoms in total. The first kappa shape index (κ1) is 14.5. The van der Waals surface area contributed by atoms with E-state index in [-0.39, 0.29) is 6.04 Å². The molecule has 1 aliphatic carbocycles. The molecule has 0 unspecified atom stereocenters. The van der Waals surface area contributed by atoms with Gasteiger partial charge in [0.2, 0.25) is 0 Å². The van der Waals surface area contributed by atoms with E-state index in [1.807, 2.05) is 18.2 Å². The molecule has 126 valence electrons. The summed E-state index contributed by atoms with van der Waals surface area (Å²) in [6.45, 7) is 0.510. The monoisotopic (exact) mass is 336 g/mol. The van der Waals surface area contributed by atoms with Gasteiger partial charge in [0, 0.05) is 11.4 Å². The summed E-state index contributed by atoms with van der Waals surface area (Å²) in [5, 5.41) is 5.24. The Bertz CT molecular complexity index is 1040. The zero-order valence-electron chi connectivity index (χ0n) is 13.6. The second-order valence-corrected chi connectivity index (χ2v) is 6.56. The van der Waals surface area contributed by atoms with Crippen molar-refractivity contribution in [3.8, 4) is 0 Å². The topological polar surface area (TPSA) is 61.4 Å². The third kappa shape index (κ3) is 2.38. The van der Waals surface area contributed by atoms with Crippen LogP contribution in [-0.2, 0) is 6.54 Å². The Balaban J connectivity index is 1.76. The van der Waals surface area contributed by atoms with Crippen molar-refractivity contribution in [1.82, 2.24) is 29.3 Å². The number of aromatic nitrogens is 6. The maximum Gasteiger partial charge on any atom is 0.137 e. The lowest BCUT2D eigenvalue weighted by Gasteiger charge is -2.17. The molecule has 0 spiro atoms. The molecule has 1 fully saturated rings. The molecule has 0 amide bonds. The Morgan fingerprint density at radius 3 is 2.88 bits per heavy atom. The van der Waals surface area contributed by atoms with Crippen LogP contribution in [0.3, 0.4) is 0 Å². The summed E-state index contributed by atoms with van der Waals surface area (Å²) in [6, 6.07) is 8.15. The highest BCUT2D eigenvalue weighted by Crippen LogP contribution is 2.37. The van der Waals surface area contributed by atoms with Crippen molar-refractivity contribution in [2.45, 2.75) is 38.0 Å². The van der Waals surface area contributed by atoms with E-state index in [2.05, 4.69) is 25.7 Å². The number of alkyl halides is 1. The number of fused-ring (bicyclic) bond motifs is 3. The van der Waals surface area contributed by atoms with Crippen molar-refractivity contribution < 1.29 is 4.39 Å². The van der Waals surface area contributed by atoms with E-state index in [0.717, 1.165) is 34.2 Å². The van der Waals surface area contributed by atoms with Gasteiger partial charge >= 0.3 is 0 Å². The predicted octanol–water partition coefficient (Wildman–Crippen LogP) is 3.29. The summed E-state index contributed by atoms with van der Waals surface area (Å²) in [6.07, 6.45) is 6.22.